The Morgan fingerprint density at radius 3 is 2.77 bits per heavy atom. The number of ether oxygens (including phenoxy) is 1. The third-order valence-corrected chi connectivity index (χ3v) is 6.73. The van der Waals surface area contributed by atoms with Crippen molar-refractivity contribution in [2.24, 2.45) is 10.6 Å². The summed E-state index contributed by atoms with van der Waals surface area (Å²) in [5, 5.41) is 9.85. The van der Waals surface area contributed by atoms with E-state index in [9.17, 15) is 8.42 Å². The lowest BCUT2D eigenvalue weighted by molar-refractivity contribution is 0.242. The minimum atomic E-state index is -3.62. The minimum Gasteiger partial charge on any atom is -0.496 e. The van der Waals surface area contributed by atoms with Gasteiger partial charge in [-0.3, -0.25) is 0 Å². The van der Waals surface area contributed by atoms with Crippen molar-refractivity contribution in [2.75, 3.05) is 20.2 Å². The van der Waals surface area contributed by atoms with Crippen LogP contribution in [0.1, 0.15) is 31.1 Å². The molecular formula is C16H19ClN4O4S. The maximum Gasteiger partial charge on any atom is 0.276 e. The van der Waals surface area contributed by atoms with Crippen LogP contribution in [-0.4, -0.2) is 43.1 Å². The van der Waals surface area contributed by atoms with Gasteiger partial charge in [-0.2, -0.15) is 17.7 Å². The Bertz CT molecular complexity index is 937. The van der Waals surface area contributed by atoms with Crippen LogP contribution in [0.2, 0.25) is 5.02 Å². The number of rotatable bonds is 4. The Labute approximate surface area is 156 Å². The Morgan fingerprint density at radius 2 is 2.12 bits per heavy atom. The van der Waals surface area contributed by atoms with Crippen molar-refractivity contribution in [1.29, 1.82) is 0 Å². The van der Waals surface area contributed by atoms with Crippen LogP contribution in [0.5, 0.6) is 5.75 Å². The molecule has 1 aliphatic carbocycles. The standard InChI is InChI=1S/C16H19ClN4O4S/c1-24-13-3-2-10(17)8-11(13)14-19-15(25-20-14)12-9-16(12)4-6-21(7-5-16)26(18,22)23/h2-3,8,12H,4-7,9H2,1H3,(H2,18,22,23)/t12-/m1/s1. The molecule has 1 saturated carbocycles. The molecule has 0 bridgehead atoms. The van der Waals surface area contributed by atoms with E-state index in [4.69, 9.17) is 26.0 Å². The number of halogens is 1. The molecule has 1 saturated heterocycles. The Morgan fingerprint density at radius 1 is 1.38 bits per heavy atom. The van der Waals surface area contributed by atoms with Gasteiger partial charge in [-0.25, -0.2) is 5.14 Å². The third kappa shape index (κ3) is 3.09. The van der Waals surface area contributed by atoms with E-state index in [-0.39, 0.29) is 11.3 Å². The van der Waals surface area contributed by atoms with Crippen molar-refractivity contribution in [3.63, 3.8) is 0 Å². The Balaban J connectivity index is 1.52. The number of methoxy groups -OCH3 is 1. The van der Waals surface area contributed by atoms with E-state index in [1.54, 1.807) is 25.3 Å². The number of hydrogen-bond acceptors (Lipinski definition) is 6. The van der Waals surface area contributed by atoms with Crippen molar-refractivity contribution < 1.29 is 17.7 Å². The van der Waals surface area contributed by atoms with E-state index >= 15 is 0 Å². The maximum atomic E-state index is 11.5. The average Bonchev–Trinajstić information content (AvgIpc) is 3.07. The first-order valence-corrected chi connectivity index (χ1v) is 10.2. The number of hydrogen-bond donors (Lipinski definition) is 1. The molecule has 8 nitrogen and oxygen atoms in total. The molecule has 0 unspecified atom stereocenters. The predicted octanol–water partition coefficient (Wildman–Crippen LogP) is 2.17. The van der Waals surface area contributed by atoms with Crippen LogP contribution in [-0.2, 0) is 10.2 Å². The van der Waals surface area contributed by atoms with Gasteiger partial charge in [0, 0.05) is 24.0 Å². The fourth-order valence-corrected chi connectivity index (χ4v) is 4.64. The third-order valence-electron chi connectivity index (χ3n) is 5.41. The highest BCUT2D eigenvalue weighted by Gasteiger charge is 2.58. The van der Waals surface area contributed by atoms with Gasteiger partial charge in [-0.15, -0.1) is 0 Å². The molecule has 1 spiro atoms. The monoisotopic (exact) mass is 398 g/mol. The number of nitrogens with two attached hydrogens (primary N) is 1. The predicted molar refractivity (Wildman–Crippen MR) is 95.0 cm³/mol. The molecule has 10 heteroatoms. The maximum absolute atomic E-state index is 11.5. The second-order valence-electron chi connectivity index (χ2n) is 6.86. The molecule has 4 rings (SSSR count). The quantitative estimate of drug-likeness (QED) is 0.844. The summed E-state index contributed by atoms with van der Waals surface area (Å²) >= 11 is 6.07. The number of piperidine rings is 1. The second-order valence-corrected chi connectivity index (χ2v) is 8.85. The molecule has 1 aliphatic heterocycles. The summed E-state index contributed by atoms with van der Waals surface area (Å²) in [6, 6.07) is 5.23. The fourth-order valence-electron chi connectivity index (χ4n) is 3.78. The SMILES string of the molecule is COc1ccc(Cl)cc1-c1noc([C@H]2CC23CCN(S(N)(=O)=O)CC3)n1. The average molecular weight is 399 g/mol. The van der Waals surface area contributed by atoms with Gasteiger partial charge in [-0.05, 0) is 42.9 Å². The van der Waals surface area contributed by atoms with Gasteiger partial charge in [0.2, 0.25) is 11.7 Å². The molecule has 2 aromatic rings. The van der Waals surface area contributed by atoms with Gasteiger partial charge in [0.15, 0.2) is 0 Å². The Hall–Kier alpha value is -1.68. The molecule has 2 aliphatic rings. The molecule has 1 aromatic carbocycles. The second kappa shape index (κ2) is 6.19. The lowest BCUT2D eigenvalue weighted by atomic mass is 9.92. The molecular weight excluding hydrogens is 380 g/mol. The summed E-state index contributed by atoms with van der Waals surface area (Å²) in [4.78, 5) is 4.54. The van der Waals surface area contributed by atoms with Crippen LogP contribution >= 0.6 is 11.6 Å². The van der Waals surface area contributed by atoms with Crippen molar-refractivity contribution >= 4 is 21.8 Å². The fraction of sp³-hybridized carbons (Fsp3) is 0.500. The molecule has 1 aromatic heterocycles. The van der Waals surface area contributed by atoms with Gasteiger partial charge in [0.05, 0.1) is 12.7 Å². The first-order chi connectivity index (χ1) is 12.3. The van der Waals surface area contributed by atoms with Crippen LogP contribution in [0.15, 0.2) is 22.7 Å². The van der Waals surface area contributed by atoms with Crippen molar-refractivity contribution in [3.8, 4) is 17.1 Å². The van der Waals surface area contributed by atoms with Crippen LogP contribution in [0, 0.1) is 5.41 Å². The van der Waals surface area contributed by atoms with E-state index in [0.29, 0.717) is 41.1 Å². The highest BCUT2D eigenvalue weighted by molar-refractivity contribution is 7.86. The van der Waals surface area contributed by atoms with Crippen LogP contribution in [0.3, 0.4) is 0 Å². The highest BCUT2D eigenvalue weighted by atomic mass is 35.5. The molecule has 0 radical (unpaired) electrons. The largest absolute Gasteiger partial charge is 0.496 e. The van der Waals surface area contributed by atoms with E-state index in [1.165, 1.54) is 4.31 Å². The number of nitrogens with zero attached hydrogens (tertiary/aromatic N) is 3. The smallest absolute Gasteiger partial charge is 0.276 e. The lowest BCUT2D eigenvalue weighted by Gasteiger charge is -2.30. The molecule has 26 heavy (non-hydrogen) atoms. The summed E-state index contributed by atoms with van der Waals surface area (Å²) in [5.41, 5.74) is 0.706. The normalized spacial score (nSPS) is 22.5. The summed E-state index contributed by atoms with van der Waals surface area (Å²) in [6.07, 6.45) is 2.40. The molecule has 0 amide bonds. The van der Waals surface area contributed by atoms with Crippen molar-refractivity contribution in [1.82, 2.24) is 14.4 Å². The first-order valence-electron chi connectivity index (χ1n) is 8.28. The molecule has 2 heterocycles. The molecule has 1 atom stereocenters. The zero-order chi connectivity index (χ0) is 18.5. The van der Waals surface area contributed by atoms with Crippen LogP contribution in [0.4, 0.5) is 0 Å². The van der Waals surface area contributed by atoms with Crippen LogP contribution < -0.4 is 9.88 Å². The molecule has 2 fully saturated rings. The summed E-state index contributed by atoms with van der Waals surface area (Å²) in [5.74, 6) is 1.78. The zero-order valence-corrected chi connectivity index (χ0v) is 15.8. The van der Waals surface area contributed by atoms with Crippen molar-refractivity contribution in [2.45, 2.75) is 25.2 Å². The van der Waals surface area contributed by atoms with Gasteiger partial charge in [-0.1, -0.05) is 16.8 Å². The van der Waals surface area contributed by atoms with Gasteiger partial charge >= 0.3 is 0 Å². The van der Waals surface area contributed by atoms with Gasteiger partial charge in [0.1, 0.15) is 5.75 Å². The Kier molecular flexibility index (Phi) is 4.22. The van der Waals surface area contributed by atoms with Gasteiger partial charge in [0.25, 0.3) is 10.2 Å². The summed E-state index contributed by atoms with van der Waals surface area (Å²) < 4.78 is 35.1. The van der Waals surface area contributed by atoms with Crippen molar-refractivity contribution in [3.05, 3.63) is 29.1 Å². The first kappa shape index (κ1) is 17.7. The summed E-state index contributed by atoms with van der Waals surface area (Å²) in [7, 11) is -2.05. The van der Waals surface area contributed by atoms with E-state index < -0.39 is 10.2 Å². The number of benzene rings is 1. The van der Waals surface area contributed by atoms with E-state index in [1.807, 2.05) is 0 Å². The minimum absolute atomic E-state index is 0.0312. The summed E-state index contributed by atoms with van der Waals surface area (Å²) in [6.45, 7) is 0.858. The van der Waals surface area contributed by atoms with Crippen LogP contribution in [0.25, 0.3) is 11.4 Å². The highest BCUT2D eigenvalue weighted by Crippen LogP contribution is 2.64. The van der Waals surface area contributed by atoms with Gasteiger partial charge < -0.3 is 9.26 Å². The lowest BCUT2D eigenvalue weighted by Crippen LogP contribution is -2.43. The molecule has 140 valence electrons. The molecule has 2 N–H and O–H groups in total. The zero-order valence-electron chi connectivity index (χ0n) is 14.2. The van der Waals surface area contributed by atoms with E-state index in [2.05, 4.69) is 10.1 Å². The number of aromatic nitrogens is 2. The topological polar surface area (TPSA) is 112 Å². The van der Waals surface area contributed by atoms with E-state index in [0.717, 1.165) is 19.3 Å².